The molecule has 26 heavy (non-hydrogen) atoms. The standard InChI is InChI=1S/C19H28ClN3O3/c1-19(2,3)23-12-13(9-17(23)24)11-22-18(25)14-5-6-16(15(20)10-14)26-8-4-7-21/h5-6,10,13H,4,7-9,11-12,21H2,1-3H3,(H,22,25)/t13-/m0/s1. The second-order valence-electron chi connectivity index (χ2n) is 7.59. The Labute approximate surface area is 160 Å². The molecular weight excluding hydrogens is 354 g/mol. The monoisotopic (exact) mass is 381 g/mol. The first-order valence-electron chi connectivity index (χ1n) is 8.93. The van der Waals surface area contributed by atoms with Crippen LogP contribution in [0.5, 0.6) is 5.75 Å². The number of nitrogens with two attached hydrogens (primary N) is 1. The topological polar surface area (TPSA) is 84.7 Å². The highest BCUT2D eigenvalue weighted by molar-refractivity contribution is 6.32. The zero-order valence-corrected chi connectivity index (χ0v) is 16.4. The lowest BCUT2D eigenvalue weighted by Gasteiger charge is -2.32. The number of amides is 2. The van der Waals surface area contributed by atoms with Gasteiger partial charge in [-0.3, -0.25) is 9.59 Å². The Morgan fingerprint density at radius 3 is 2.73 bits per heavy atom. The number of benzene rings is 1. The fourth-order valence-corrected chi connectivity index (χ4v) is 3.17. The van der Waals surface area contributed by atoms with Gasteiger partial charge in [-0.2, -0.15) is 0 Å². The fourth-order valence-electron chi connectivity index (χ4n) is 2.93. The molecule has 0 bridgehead atoms. The van der Waals surface area contributed by atoms with Gasteiger partial charge in [0.05, 0.1) is 11.6 Å². The van der Waals surface area contributed by atoms with Gasteiger partial charge in [-0.1, -0.05) is 11.6 Å². The van der Waals surface area contributed by atoms with Crippen molar-refractivity contribution in [2.45, 2.75) is 39.2 Å². The molecule has 1 atom stereocenters. The van der Waals surface area contributed by atoms with Gasteiger partial charge in [0.1, 0.15) is 5.75 Å². The lowest BCUT2D eigenvalue weighted by Crippen LogP contribution is -2.42. The second-order valence-corrected chi connectivity index (χ2v) is 8.00. The van der Waals surface area contributed by atoms with Crippen LogP contribution in [0.25, 0.3) is 0 Å². The van der Waals surface area contributed by atoms with E-state index >= 15 is 0 Å². The molecule has 1 aliphatic rings. The number of nitrogens with one attached hydrogen (secondary N) is 1. The number of rotatable bonds is 7. The summed E-state index contributed by atoms with van der Waals surface area (Å²) >= 11 is 6.18. The van der Waals surface area contributed by atoms with Crippen LogP contribution >= 0.6 is 11.6 Å². The highest BCUT2D eigenvalue weighted by Gasteiger charge is 2.36. The molecular formula is C19H28ClN3O3. The number of halogens is 1. The van der Waals surface area contributed by atoms with E-state index in [0.717, 1.165) is 6.42 Å². The second kappa shape index (κ2) is 8.73. The zero-order valence-electron chi connectivity index (χ0n) is 15.7. The predicted octanol–water partition coefficient (Wildman–Crippen LogP) is 2.44. The normalized spacial score (nSPS) is 17.5. The van der Waals surface area contributed by atoms with E-state index in [9.17, 15) is 9.59 Å². The third kappa shape index (κ3) is 5.35. The van der Waals surface area contributed by atoms with Gasteiger partial charge in [0.15, 0.2) is 0 Å². The van der Waals surface area contributed by atoms with Gasteiger partial charge in [0.25, 0.3) is 5.91 Å². The van der Waals surface area contributed by atoms with E-state index in [1.807, 2.05) is 25.7 Å². The van der Waals surface area contributed by atoms with E-state index in [4.69, 9.17) is 22.1 Å². The van der Waals surface area contributed by atoms with E-state index < -0.39 is 0 Å². The number of likely N-dealkylation sites (tertiary alicyclic amines) is 1. The Morgan fingerprint density at radius 1 is 1.42 bits per heavy atom. The van der Waals surface area contributed by atoms with Gasteiger partial charge in [-0.15, -0.1) is 0 Å². The minimum absolute atomic E-state index is 0.125. The third-order valence-corrected chi connectivity index (χ3v) is 4.66. The quantitative estimate of drug-likeness (QED) is 0.710. The number of nitrogens with zero attached hydrogens (tertiary/aromatic N) is 1. The van der Waals surface area contributed by atoms with Gasteiger partial charge < -0.3 is 20.7 Å². The van der Waals surface area contributed by atoms with Crippen LogP contribution in [0.1, 0.15) is 44.0 Å². The zero-order chi connectivity index (χ0) is 19.3. The lowest BCUT2D eigenvalue weighted by molar-refractivity contribution is -0.131. The van der Waals surface area contributed by atoms with Crippen LogP contribution in [0, 0.1) is 5.92 Å². The van der Waals surface area contributed by atoms with E-state index in [1.54, 1.807) is 18.2 Å². The molecule has 2 amide bonds. The number of carbonyl (C=O) groups excluding carboxylic acids is 2. The molecule has 1 aromatic rings. The van der Waals surface area contributed by atoms with Gasteiger partial charge in [0.2, 0.25) is 5.91 Å². The van der Waals surface area contributed by atoms with Crippen LogP contribution in [-0.4, -0.2) is 48.5 Å². The minimum atomic E-state index is -0.206. The summed E-state index contributed by atoms with van der Waals surface area (Å²) in [7, 11) is 0. The molecule has 144 valence electrons. The molecule has 0 spiro atoms. The van der Waals surface area contributed by atoms with Gasteiger partial charge in [0, 0.05) is 36.5 Å². The summed E-state index contributed by atoms with van der Waals surface area (Å²) < 4.78 is 5.52. The van der Waals surface area contributed by atoms with E-state index in [0.29, 0.717) is 49.0 Å². The molecule has 1 saturated heterocycles. The largest absolute Gasteiger partial charge is 0.492 e. The van der Waals surface area contributed by atoms with Crippen molar-refractivity contribution in [3.05, 3.63) is 28.8 Å². The Kier molecular flexibility index (Phi) is 6.89. The molecule has 0 aliphatic carbocycles. The maximum Gasteiger partial charge on any atom is 0.251 e. The van der Waals surface area contributed by atoms with Crippen molar-refractivity contribution in [3.63, 3.8) is 0 Å². The molecule has 1 fully saturated rings. The van der Waals surface area contributed by atoms with Crippen molar-refractivity contribution < 1.29 is 14.3 Å². The number of ether oxygens (including phenoxy) is 1. The first kappa shape index (κ1) is 20.5. The Balaban J connectivity index is 1.88. The molecule has 3 N–H and O–H groups in total. The van der Waals surface area contributed by atoms with Crippen molar-refractivity contribution in [1.82, 2.24) is 10.2 Å². The molecule has 0 saturated carbocycles. The molecule has 1 aliphatic heterocycles. The van der Waals surface area contributed by atoms with Crippen LogP contribution in [0.15, 0.2) is 18.2 Å². The first-order valence-corrected chi connectivity index (χ1v) is 9.31. The summed E-state index contributed by atoms with van der Waals surface area (Å²) in [5.74, 6) is 0.597. The summed E-state index contributed by atoms with van der Waals surface area (Å²) in [5, 5.41) is 3.29. The Morgan fingerprint density at radius 2 is 2.15 bits per heavy atom. The summed E-state index contributed by atoms with van der Waals surface area (Å²) in [6.07, 6.45) is 1.20. The average Bonchev–Trinajstić information content (AvgIpc) is 2.95. The molecule has 0 unspecified atom stereocenters. The molecule has 1 aromatic carbocycles. The third-order valence-electron chi connectivity index (χ3n) is 4.37. The molecule has 0 radical (unpaired) electrons. The number of carbonyl (C=O) groups is 2. The summed E-state index contributed by atoms with van der Waals surface area (Å²) in [5.41, 5.74) is 5.71. The Hall–Kier alpha value is -1.79. The first-order chi connectivity index (χ1) is 12.2. The summed E-state index contributed by atoms with van der Waals surface area (Å²) in [6, 6.07) is 4.96. The van der Waals surface area contributed by atoms with Crippen LogP contribution in [0.3, 0.4) is 0 Å². The Bertz CT molecular complexity index is 658. The van der Waals surface area contributed by atoms with Crippen LogP contribution in [-0.2, 0) is 4.79 Å². The van der Waals surface area contributed by atoms with Crippen molar-refractivity contribution in [2.75, 3.05) is 26.2 Å². The molecule has 2 rings (SSSR count). The number of hydrogen-bond donors (Lipinski definition) is 2. The predicted molar refractivity (Wildman–Crippen MR) is 103 cm³/mol. The van der Waals surface area contributed by atoms with E-state index in [1.165, 1.54) is 0 Å². The maximum atomic E-state index is 12.4. The molecule has 0 aromatic heterocycles. The van der Waals surface area contributed by atoms with E-state index in [-0.39, 0.29) is 23.3 Å². The SMILES string of the molecule is CC(C)(C)N1C[C@H](CNC(=O)c2ccc(OCCCN)c(Cl)c2)CC1=O. The fraction of sp³-hybridized carbons (Fsp3) is 0.579. The van der Waals surface area contributed by atoms with Crippen molar-refractivity contribution >= 4 is 23.4 Å². The number of hydrogen-bond acceptors (Lipinski definition) is 4. The van der Waals surface area contributed by atoms with Crippen molar-refractivity contribution in [3.8, 4) is 5.75 Å². The summed E-state index contributed by atoms with van der Waals surface area (Å²) in [4.78, 5) is 26.3. The maximum absolute atomic E-state index is 12.4. The van der Waals surface area contributed by atoms with Gasteiger partial charge in [-0.25, -0.2) is 0 Å². The van der Waals surface area contributed by atoms with Gasteiger partial charge >= 0.3 is 0 Å². The van der Waals surface area contributed by atoms with Crippen molar-refractivity contribution in [1.29, 1.82) is 0 Å². The van der Waals surface area contributed by atoms with Gasteiger partial charge in [-0.05, 0) is 51.9 Å². The highest BCUT2D eigenvalue weighted by atomic mass is 35.5. The van der Waals surface area contributed by atoms with Crippen molar-refractivity contribution in [2.24, 2.45) is 11.7 Å². The minimum Gasteiger partial charge on any atom is -0.492 e. The molecule has 1 heterocycles. The highest BCUT2D eigenvalue weighted by Crippen LogP contribution is 2.27. The summed E-state index contributed by atoms with van der Waals surface area (Å²) in [6.45, 7) is 8.22. The van der Waals surface area contributed by atoms with Crippen LogP contribution in [0.4, 0.5) is 0 Å². The lowest BCUT2D eigenvalue weighted by atomic mass is 10.1. The smallest absolute Gasteiger partial charge is 0.251 e. The van der Waals surface area contributed by atoms with Crippen LogP contribution in [0.2, 0.25) is 5.02 Å². The average molecular weight is 382 g/mol. The molecule has 7 heteroatoms. The van der Waals surface area contributed by atoms with Crippen LogP contribution < -0.4 is 15.8 Å². The molecule has 6 nitrogen and oxygen atoms in total. The van der Waals surface area contributed by atoms with E-state index in [2.05, 4.69) is 5.32 Å².